The molecule has 0 aliphatic rings. The molecule has 0 saturated heterocycles. The van der Waals surface area contributed by atoms with Crippen LogP contribution in [0, 0.1) is 0 Å². The molecule has 140 valence electrons. The molecular weight excluding hydrogens is 393 g/mol. The molecule has 0 fully saturated rings. The maximum Gasteiger partial charge on any atom is 0.417 e. The minimum absolute atomic E-state index is 0.160. The summed E-state index contributed by atoms with van der Waals surface area (Å²) >= 11 is 5.58. The summed E-state index contributed by atoms with van der Waals surface area (Å²) in [7, 11) is -2.98. The highest BCUT2D eigenvalue weighted by Gasteiger charge is 2.35. The number of alkyl halides is 3. The van der Waals surface area contributed by atoms with E-state index in [9.17, 15) is 26.4 Å². The summed E-state index contributed by atoms with van der Waals surface area (Å²) in [5.41, 5.74) is -1.52. The van der Waals surface area contributed by atoms with Crippen molar-refractivity contribution in [1.82, 2.24) is 5.32 Å². The van der Waals surface area contributed by atoms with Gasteiger partial charge in [-0.2, -0.15) is 13.2 Å². The van der Waals surface area contributed by atoms with Crippen molar-refractivity contribution in [2.24, 2.45) is 0 Å². The Morgan fingerprint density at radius 2 is 1.77 bits per heavy atom. The summed E-state index contributed by atoms with van der Waals surface area (Å²) in [6.45, 7) is -0.688. The highest BCUT2D eigenvalue weighted by Crippen LogP contribution is 2.37. The van der Waals surface area contributed by atoms with E-state index >= 15 is 0 Å². The highest BCUT2D eigenvalue weighted by atomic mass is 35.5. The monoisotopic (exact) mass is 406 g/mol. The Morgan fingerprint density at radius 3 is 2.31 bits per heavy atom. The predicted molar refractivity (Wildman–Crippen MR) is 91.5 cm³/mol. The number of rotatable bonds is 5. The van der Waals surface area contributed by atoms with Crippen molar-refractivity contribution < 1.29 is 26.4 Å². The average molecular weight is 407 g/mol. The first kappa shape index (κ1) is 20.1. The van der Waals surface area contributed by atoms with Crippen LogP contribution in [0.25, 0.3) is 0 Å². The van der Waals surface area contributed by atoms with Crippen molar-refractivity contribution in [3.05, 3.63) is 59.1 Å². The molecule has 0 aliphatic carbocycles. The maximum absolute atomic E-state index is 13.1. The van der Waals surface area contributed by atoms with E-state index in [1.165, 1.54) is 31.3 Å². The van der Waals surface area contributed by atoms with Gasteiger partial charge in [-0.05, 0) is 30.3 Å². The van der Waals surface area contributed by atoms with E-state index in [2.05, 4.69) is 5.32 Å². The summed E-state index contributed by atoms with van der Waals surface area (Å²) < 4.78 is 65.7. The molecule has 0 atom stereocenters. The van der Waals surface area contributed by atoms with Crippen molar-refractivity contribution in [3.8, 4) is 0 Å². The lowest BCUT2D eigenvalue weighted by Gasteiger charge is -2.25. The van der Waals surface area contributed by atoms with Crippen LogP contribution in [0.2, 0.25) is 5.02 Å². The van der Waals surface area contributed by atoms with Crippen LogP contribution in [0.5, 0.6) is 0 Å². The maximum atomic E-state index is 13.1. The molecule has 2 rings (SSSR count). The molecule has 1 amide bonds. The third-order valence-corrected chi connectivity index (χ3v) is 5.56. The van der Waals surface area contributed by atoms with Crippen LogP contribution in [0.4, 0.5) is 18.9 Å². The molecule has 2 aromatic carbocycles. The fraction of sp³-hybridized carbons (Fsp3) is 0.188. The zero-order chi connectivity index (χ0) is 19.5. The van der Waals surface area contributed by atoms with Gasteiger partial charge in [-0.1, -0.05) is 29.8 Å². The van der Waals surface area contributed by atoms with Gasteiger partial charge in [0.25, 0.3) is 10.0 Å². The Hall–Kier alpha value is -2.26. The van der Waals surface area contributed by atoms with Gasteiger partial charge in [-0.15, -0.1) is 0 Å². The predicted octanol–water partition coefficient (Wildman–Crippen LogP) is 3.30. The second-order valence-electron chi connectivity index (χ2n) is 5.16. The highest BCUT2D eigenvalue weighted by molar-refractivity contribution is 7.92. The van der Waals surface area contributed by atoms with Crippen LogP contribution in [0.3, 0.4) is 0 Å². The van der Waals surface area contributed by atoms with Crippen molar-refractivity contribution in [2.75, 3.05) is 17.9 Å². The zero-order valence-corrected chi connectivity index (χ0v) is 15.0. The molecule has 0 heterocycles. The lowest BCUT2D eigenvalue weighted by Crippen LogP contribution is -2.39. The quantitative estimate of drug-likeness (QED) is 0.828. The largest absolute Gasteiger partial charge is 0.417 e. The number of hydrogen-bond donors (Lipinski definition) is 1. The number of likely N-dealkylation sites (N-methyl/N-ethyl adjacent to an activating group) is 1. The third kappa shape index (κ3) is 4.28. The SMILES string of the molecule is CNC(=O)CN(c1ccc(Cl)c(C(F)(F)F)c1)S(=O)(=O)c1ccccc1. The van der Waals surface area contributed by atoms with Crippen LogP contribution in [-0.2, 0) is 21.0 Å². The Balaban J connectivity index is 2.62. The molecule has 0 spiro atoms. The average Bonchev–Trinajstić information content (AvgIpc) is 2.59. The molecule has 2 aromatic rings. The second-order valence-corrected chi connectivity index (χ2v) is 7.43. The van der Waals surface area contributed by atoms with Gasteiger partial charge in [0, 0.05) is 7.05 Å². The molecule has 0 aliphatic heterocycles. The molecule has 0 radical (unpaired) electrons. The standard InChI is InChI=1S/C16H14ClF3N2O3S/c1-21-15(23)10-22(26(24,25)12-5-3-2-4-6-12)11-7-8-14(17)13(9-11)16(18,19)20/h2-9H,10H2,1H3,(H,21,23). The first-order valence-electron chi connectivity index (χ1n) is 7.22. The summed E-state index contributed by atoms with van der Waals surface area (Å²) in [4.78, 5) is 11.6. The number of nitrogens with zero attached hydrogens (tertiary/aromatic N) is 1. The summed E-state index contributed by atoms with van der Waals surface area (Å²) in [6, 6.07) is 9.75. The summed E-state index contributed by atoms with van der Waals surface area (Å²) in [5.74, 6) is -0.687. The van der Waals surface area contributed by atoms with Crippen LogP contribution in [0.1, 0.15) is 5.56 Å². The molecule has 1 N–H and O–H groups in total. The van der Waals surface area contributed by atoms with Gasteiger partial charge in [0.2, 0.25) is 5.91 Å². The van der Waals surface area contributed by atoms with Crippen molar-refractivity contribution in [1.29, 1.82) is 0 Å². The molecule has 0 aromatic heterocycles. The molecule has 26 heavy (non-hydrogen) atoms. The van der Waals surface area contributed by atoms with Crippen LogP contribution in [0.15, 0.2) is 53.4 Å². The van der Waals surface area contributed by atoms with E-state index in [0.29, 0.717) is 10.4 Å². The number of sulfonamides is 1. The second kappa shape index (κ2) is 7.55. The van der Waals surface area contributed by atoms with E-state index < -0.39 is 39.2 Å². The number of carbonyl (C=O) groups excluding carboxylic acids is 1. The molecule has 5 nitrogen and oxygen atoms in total. The van der Waals surface area contributed by atoms with E-state index in [0.717, 1.165) is 12.1 Å². The lowest BCUT2D eigenvalue weighted by molar-refractivity contribution is -0.137. The van der Waals surface area contributed by atoms with Gasteiger partial charge in [0.05, 0.1) is 21.2 Å². The van der Waals surface area contributed by atoms with Gasteiger partial charge in [0.1, 0.15) is 6.54 Å². The van der Waals surface area contributed by atoms with Crippen LogP contribution < -0.4 is 9.62 Å². The van der Waals surface area contributed by atoms with E-state index in [1.807, 2.05) is 0 Å². The Kier molecular flexibility index (Phi) is 5.82. The third-order valence-electron chi connectivity index (χ3n) is 3.44. The van der Waals surface area contributed by atoms with Crippen LogP contribution in [-0.4, -0.2) is 27.9 Å². The Morgan fingerprint density at radius 1 is 1.15 bits per heavy atom. The molecular formula is C16H14ClF3N2O3S. The minimum Gasteiger partial charge on any atom is -0.358 e. The number of hydrogen-bond acceptors (Lipinski definition) is 3. The number of nitrogens with one attached hydrogen (secondary N) is 1. The van der Waals surface area contributed by atoms with Gasteiger partial charge >= 0.3 is 6.18 Å². The minimum atomic E-state index is -4.78. The number of anilines is 1. The topological polar surface area (TPSA) is 66.5 Å². The number of amides is 1. The lowest BCUT2D eigenvalue weighted by atomic mass is 10.2. The van der Waals surface area contributed by atoms with Gasteiger partial charge < -0.3 is 5.32 Å². The fourth-order valence-electron chi connectivity index (χ4n) is 2.13. The van der Waals surface area contributed by atoms with Gasteiger partial charge in [-0.25, -0.2) is 8.42 Å². The molecule has 0 bridgehead atoms. The van der Waals surface area contributed by atoms with E-state index in [1.54, 1.807) is 6.07 Å². The van der Waals surface area contributed by atoms with Crippen LogP contribution >= 0.6 is 11.6 Å². The van der Waals surface area contributed by atoms with Gasteiger partial charge in [0.15, 0.2) is 0 Å². The Bertz CT molecular complexity index is 903. The zero-order valence-electron chi connectivity index (χ0n) is 13.4. The number of benzene rings is 2. The normalized spacial score (nSPS) is 11.9. The van der Waals surface area contributed by atoms with Crippen molar-refractivity contribution in [3.63, 3.8) is 0 Å². The fourth-order valence-corrected chi connectivity index (χ4v) is 3.79. The Labute approximate surface area is 153 Å². The first-order valence-corrected chi connectivity index (χ1v) is 9.04. The molecule has 0 saturated carbocycles. The molecule has 10 heteroatoms. The number of halogens is 4. The van der Waals surface area contributed by atoms with Crippen molar-refractivity contribution in [2.45, 2.75) is 11.1 Å². The van der Waals surface area contributed by atoms with E-state index in [-0.39, 0.29) is 10.6 Å². The smallest absolute Gasteiger partial charge is 0.358 e. The van der Waals surface area contributed by atoms with Gasteiger partial charge in [-0.3, -0.25) is 9.10 Å². The first-order chi connectivity index (χ1) is 12.1. The van der Waals surface area contributed by atoms with E-state index in [4.69, 9.17) is 11.6 Å². The van der Waals surface area contributed by atoms with Crippen molar-refractivity contribution >= 4 is 33.2 Å². The number of carbonyl (C=O) groups is 1. The summed E-state index contributed by atoms with van der Waals surface area (Å²) in [5, 5.41) is 1.68. The molecule has 0 unspecified atom stereocenters. The summed E-state index contributed by atoms with van der Waals surface area (Å²) in [6.07, 6.45) is -4.78.